The normalized spacial score (nSPS) is 35.0. The largest absolute Gasteiger partial charge is 0.481 e. The fraction of sp³-hybridized carbons (Fsp3) is 0.900. The lowest BCUT2D eigenvalue weighted by atomic mass is 9.86. The van der Waals surface area contributed by atoms with Crippen LogP contribution >= 0.6 is 0 Å². The predicted octanol–water partition coefficient (Wildman–Crippen LogP) is 0.665. The zero-order valence-electron chi connectivity index (χ0n) is 9.13. The first-order valence-corrected chi connectivity index (χ1v) is 7.34. The van der Waals surface area contributed by atoms with E-state index in [0.717, 1.165) is 0 Å². The molecule has 5 nitrogen and oxygen atoms in total. The highest BCUT2D eigenvalue weighted by Gasteiger charge is 2.37. The Bertz CT molecular complexity index is 370. The second kappa shape index (κ2) is 4.33. The van der Waals surface area contributed by atoms with Gasteiger partial charge in [-0.25, -0.2) is 8.42 Å². The second-order valence-electron chi connectivity index (χ2n) is 4.62. The van der Waals surface area contributed by atoms with Crippen molar-refractivity contribution in [2.45, 2.75) is 38.1 Å². The van der Waals surface area contributed by atoms with Crippen LogP contribution < -0.4 is 0 Å². The third-order valence-corrected chi connectivity index (χ3v) is 5.59. The number of hydrogen-bond donors (Lipinski definition) is 1. The van der Waals surface area contributed by atoms with Crippen LogP contribution in [0.3, 0.4) is 0 Å². The van der Waals surface area contributed by atoms with Gasteiger partial charge in [-0.2, -0.15) is 4.31 Å². The van der Waals surface area contributed by atoms with Gasteiger partial charge in [0, 0.05) is 12.6 Å². The summed E-state index contributed by atoms with van der Waals surface area (Å²) in [6.07, 6.45) is 3.30. The number of carboxylic acids is 1. The molecule has 1 aliphatic carbocycles. The van der Waals surface area contributed by atoms with Gasteiger partial charge in [-0.3, -0.25) is 4.79 Å². The summed E-state index contributed by atoms with van der Waals surface area (Å²) in [5.41, 5.74) is 0. The molecule has 2 aliphatic rings. The fourth-order valence-electron chi connectivity index (χ4n) is 2.68. The molecule has 16 heavy (non-hydrogen) atoms. The van der Waals surface area contributed by atoms with Gasteiger partial charge in [0.05, 0.1) is 11.7 Å². The maximum atomic E-state index is 11.7. The second-order valence-corrected chi connectivity index (χ2v) is 6.67. The molecule has 2 fully saturated rings. The first kappa shape index (κ1) is 11.9. The summed E-state index contributed by atoms with van der Waals surface area (Å²) >= 11 is 0. The maximum absolute atomic E-state index is 11.7. The topological polar surface area (TPSA) is 74.7 Å². The molecular formula is C10H17NO4S. The molecule has 2 rings (SSSR count). The number of carbonyl (C=O) groups is 1. The summed E-state index contributed by atoms with van der Waals surface area (Å²) in [5, 5.41) is 8.86. The SMILES string of the molecule is O=C(O)[C@H]1CC[C@H](N2CCCS2(=O)=O)CC1. The van der Waals surface area contributed by atoms with Crippen LogP contribution in [-0.2, 0) is 14.8 Å². The van der Waals surface area contributed by atoms with Crippen molar-refractivity contribution in [1.82, 2.24) is 4.31 Å². The lowest BCUT2D eigenvalue weighted by Gasteiger charge is -2.31. The van der Waals surface area contributed by atoms with E-state index in [-0.39, 0.29) is 17.7 Å². The van der Waals surface area contributed by atoms with Gasteiger partial charge in [0.1, 0.15) is 0 Å². The molecule has 0 aromatic carbocycles. The molecule has 1 saturated heterocycles. The van der Waals surface area contributed by atoms with Crippen molar-refractivity contribution in [2.75, 3.05) is 12.3 Å². The molecule has 1 saturated carbocycles. The van der Waals surface area contributed by atoms with E-state index in [4.69, 9.17) is 5.11 Å². The first-order chi connectivity index (χ1) is 7.50. The number of sulfonamides is 1. The van der Waals surface area contributed by atoms with Crippen molar-refractivity contribution in [3.63, 3.8) is 0 Å². The minimum atomic E-state index is -3.04. The van der Waals surface area contributed by atoms with E-state index in [1.165, 1.54) is 0 Å². The van der Waals surface area contributed by atoms with Crippen molar-refractivity contribution in [2.24, 2.45) is 5.92 Å². The minimum absolute atomic E-state index is 0.0445. The zero-order chi connectivity index (χ0) is 11.8. The van der Waals surface area contributed by atoms with E-state index in [1.54, 1.807) is 4.31 Å². The van der Waals surface area contributed by atoms with Crippen molar-refractivity contribution in [3.8, 4) is 0 Å². The zero-order valence-corrected chi connectivity index (χ0v) is 9.95. The maximum Gasteiger partial charge on any atom is 0.306 e. The molecular weight excluding hydrogens is 230 g/mol. The molecule has 0 spiro atoms. The molecule has 1 aliphatic heterocycles. The van der Waals surface area contributed by atoms with Gasteiger partial charge in [0.2, 0.25) is 10.0 Å². The number of carboxylic acid groups (broad SMARTS) is 1. The number of hydrogen-bond acceptors (Lipinski definition) is 3. The van der Waals surface area contributed by atoms with Crippen LogP contribution in [0.15, 0.2) is 0 Å². The van der Waals surface area contributed by atoms with Crippen molar-refractivity contribution >= 4 is 16.0 Å². The Morgan fingerprint density at radius 2 is 1.81 bits per heavy atom. The lowest BCUT2D eigenvalue weighted by molar-refractivity contribution is -0.143. The fourth-order valence-corrected chi connectivity index (χ4v) is 4.48. The van der Waals surface area contributed by atoms with E-state index >= 15 is 0 Å². The molecule has 0 unspecified atom stereocenters. The molecule has 6 heteroatoms. The van der Waals surface area contributed by atoms with Crippen LogP contribution in [0, 0.1) is 5.92 Å². The van der Waals surface area contributed by atoms with E-state index in [1.807, 2.05) is 0 Å². The summed E-state index contributed by atoms with van der Waals surface area (Å²) < 4.78 is 25.0. The van der Waals surface area contributed by atoms with Crippen molar-refractivity contribution in [3.05, 3.63) is 0 Å². The monoisotopic (exact) mass is 247 g/mol. The smallest absolute Gasteiger partial charge is 0.306 e. The van der Waals surface area contributed by atoms with Crippen LogP contribution in [0.4, 0.5) is 0 Å². The Kier molecular flexibility index (Phi) is 3.21. The van der Waals surface area contributed by atoms with Gasteiger partial charge >= 0.3 is 5.97 Å². The Morgan fingerprint density at radius 3 is 2.25 bits per heavy atom. The van der Waals surface area contributed by atoms with Crippen molar-refractivity contribution < 1.29 is 18.3 Å². The third kappa shape index (κ3) is 2.22. The summed E-state index contributed by atoms with van der Waals surface area (Å²) in [6.45, 7) is 0.616. The molecule has 0 radical (unpaired) electrons. The molecule has 0 aromatic rings. The average molecular weight is 247 g/mol. The summed E-state index contributed by atoms with van der Waals surface area (Å²) in [6, 6.07) is 0.0445. The average Bonchev–Trinajstić information content (AvgIpc) is 2.58. The summed E-state index contributed by atoms with van der Waals surface area (Å²) in [4.78, 5) is 10.8. The third-order valence-electron chi connectivity index (χ3n) is 3.59. The summed E-state index contributed by atoms with van der Waals surface area (Å²) in [5.74, 6) is -0.768. The van der Waals surface area contributed by atoms with Crippen LogP contribution in [0.2, 0.25) is 0 Å². The van der Waals surface area contributed by atoms with Gasteiger partial charge in [-0.1, -0.05) is 0 Å². The van der Waals surface area contributed by atoms with Crippen LogP contribution in [-0.4, -0.2) is 42.1 Å². The first-order valence-electron chi connectivity index (χ1n) is 5.73. The van der Waals surface area contributed by atoms with Gasteiger partial charge in [-0.05, 0) is 32.1 Å². The quantitative estimate of drug-likeness (QED) is 0.778. The van der Waals surface area contributed by atoms with E-state index < -0.39 is 16.0 Å². The Balaban J connectivity index is 1.97. The van der Waals surface area contributed by atoms with Gasteiger partial charge < -0.3 is 5.11 Å². The highest BCUT2D eigenvalue weighted by Crippen LogP contribution is 2.31. The van der Waals surface area contributed by atoms with Crippen LogP contribution in [0.5, 0.6) is 0 Å². The Labute approximate surface area is 95.5 Å². The molecule has 0 bridgehead atoms. The Hall–Kier alpha value is -0.620. The number of rotatable bonds is 2. The predicted molar refractivity (Wildman–Crippen MR) is 58.5 cm³/mol. The number of aliphatic carboxylic acids is 1. The molecule has 92 valence electrons. The molecule has 1 N–H and O–H groups in total. The minimum Gasteiger partial charge on any atom is -0.481 e. The standard InChI is InChI=1S/C10H17NO4S/c12-10(13)8-2-4-9(5-3-8)11-6-1-7-16(11,14)15/h8-9H,1-7H2,(H,12,13)/t8-,9-. The lowest BCUT2D eigenvalue weighted by Crippen LogP contribution is -2.40. The van der Waals surface area contributed by atoms with Gasteiger partial charge in [0.25, 0.3) is 0 Å². The summed E-state index contributed by atoms with van der Waals surface area (Å²) in [7, 11) is -3.04. The molecule has 0 amide bonds. The highest BCUT2D eigenvalue weighted by molar-refractivity contribution is 7.89. The van der Waals surface area contributed by atoms with E-state index in [9.17, 15) is 13.2 Å². The van der Waals surface area contributed by atoms with Crippen LogP contribution in [0.25, 0.3) is 0 Å². The van der Waals surface area contributed by atoms with E-state index in [0.29, 0.717) is 38.6 Å². The van der Waals surface area contributed by atoms with Gasteiger partial charge in [-0.15, -0.1) is 0 Å². The molecule has 0 atom stereocenters. The van der Waals surface area contributed by atoms with E-state index in [2.05, 4.69) is 0 Å². The molecule has 1 heterocycles. The Morgan fingerprint density at radius 1 is 1.19 bits per heavy atom. The molecule has 0 aromatic heterocycles. The highest BCUT2D eigenvalue weighted by atomic mass is 32.2. The van der Waals surface area contributed by atoms with Gasteiger partial charge in [0.15, 0.2) is 0 Å². The van der Waals surface area contributed by atoms with Crippen LogP contribution in [0.1, 0.15) is 32.1 Å². The van der Waals surface area contributed by atoms with Crippen molar-refractivity contribution in [1.29, 1.82) is 0 Å². The number of nitrogens with zero attached hydrogens (tertiary/aromatic N) is 1.